The predicted octanol–water partition coefficient (Wildman–Crippen LogP) is 5.68. The van der Waals surface area contributed by atoms with Gasteiger partial charge in [0.15, 0.2) is 0 Å². The van der Waals surface area contributed by atoms with E-state index in [2.05, 4.69) is 0 Å². The number of hydrogen-bond acceptors (Lipinski definition) is 2. The van der Waals surface area contributed by atoms with E-state index in [0.717, 1.165) is 24.0 Å². The second-order valence-corrected chi connectivity index (χ2v) is 7.43. The topological polar surface area (TPSA) is 40.5 Å². The molecular weight excluding hydrogens is 381 g/mol. The molecule has 132 valence electrons. The number of carbonyl (C=O) groups is 1. The number of likely N-dealkylation sites (tertiary alicyclic amines) is 1. The van der Waals surface area contributed by atoms with Crippen LogP contribution in [0.2, 0.25) is 15.1 Å². The molecule has 0 radical (unpaired) electrons. The molecule has 0 bridgehead atoms. The smallest absolute Gasteiger partial charge is 0.320 e. The van der Waals surface area contributed by atoms with E-state index in [0.29, 0.717) is 28.0 Å². The van der Waals surface area contributed by atoms with Crippen LogP contribution in [0.25, 0.3) is 0 Å². The first-order chi connectivity index (χ1) is 12.0. The number of nitrogens with zero attached hydrogens (tertiary/aromatic N) is 1. The molecule has 1 aliphatic heterocycles. The van der Waals surface area contributed by atoms with E-state index in [1.54, 1.807) is 12.1 Å². The van der Waals surface area contributed by atoms with Crippen LogP contribution in [0.5, 0.6) is 0 Å². The number of carboxylic acids is 1. The van der Waals surface area contributed by atoms with Crippen molar-refractivity contribution in [2.24, 2.45) is 0 Å². The van der Waals surface area contributed by atoms with Crippen LogP contribution in [0.15, 0.2) is 42.5 Å². The lowest BCUT2D eigenvalue weighted by molar-refractivity contribution is -0.145. The van der Waals surface area contributed by atoms with E-state index in [4.69, 9.17) is 34.8 Å². The maximum Gasteiger partial charge on any atom is 0.320 e. The highest BCUT2D eigenvalue weighted by molar-refractivity contribution is 6.35. The second-order valence-electron chi connectivity index (χ2n) is 6.18. The maximum atomic E-state index is 11.8. The average molecular weight is 399 g/mol. The van der Waals surface area contributed by atoms with E-state index in [1.165, 1.54) is 0 Å². The zero-order chi connectivity index (χ0) is 18.0. The number of carboxylic acid groups (broad SMARTS) is 1. The Balaban J connectivity index is 2.15. The van der Waals surface area contributed by atoms with Crippen LogP contribution in [-0.4, -0.2) is 28.6 Å². The molecule has 0 amide bonds. The summed E-state index contributed by atoms with van der Waals surface area (Å²) in [5.74, 6) is -0.818. The Morgan fingerprint density at radius 1 is 1.04 bits per heavy atom. The van der Waals surface area contributed by atoms with Crippen molar-refractivity contribution >= 4 is 40.8 Å². The van der Waals surface area contributed by atoms with Crippen molar-refractivity contribution in [3.8, 4) is 0 Å². The van der Waals surface area contributed by atoms with Crippen molar-refractivity contribution < 1.29 is 9.90 Å². The van der Waals surface area contributed by atoms with Gasteiger partial charge < -0.3 is 5.11 Å². The molecule has 3 rings (SSSR count). The van der Waals surface area contributed by atoms with Gasteiger partial charge in [0.05, 0.1) is 6.04 Å². The number of aliphatic carboxylic acids is 1. The van der Waals surface area contributed by atoms with Crippen LogP contribution in [-0.2, 0) is 4.79 Å². The number of hydrogen-bond donors (Lipinski definition) is 1. The maximum absolute atomic E-state index is 11.8. The number of rotatable bonds is 4. The monoisotopic (exact) mass is 397 g/mol. The molecule has 1 N–H and O–H groups in total. The van der Waals surface area contributed by atoms with Crippen molar-refractivity contribution in [1.82, 2.24) is 4.90 Å². The highest BCUT2D eigenvalue weighted by atomic mass is 35.5. The Hall–Kier alpha value is -1.26. The van der Waals surface area contributed by atoms with Gasteiger partial charge in [0.1, 0.15) is 6.04 Å². The summed E-state index contributed by atoms with van der Waals surface area (Å²) in [5.41, 5.74) is 1.66. The van der Waals surface area contributed by atoms with Crippen molar-refractivity contribution in [2.45, 2.75) is 31.3 Å². The van der Waals surface area contributed by atoms with Crippen LogP contribution in [0.1, 0.15) is 36.4 Å². The lowest BCUT2D eigenvalue weighted by Gasteiger charge is -2.40. The number of piperidine rings is 1. The second kappa shape index (κ2) is 7.96. The first kappa shape index (κ1) is 18.5. The minimum absolute atomic E-state index is 0.333. The van der Waals surface area contributed by atoms with Gasteiger partial charge in [-0.25, -0.2) is 0 Å². The summed E-state index contributed by atoms with van der Waals surface area (Å²) in [5, 5.41) is 11.3. The van der Waals surface area contributed by atoms with Gasteiger partial charge in [-0.2, -0.15) is 0 Å². The van der Waals surface area contributed by atoms with Crippen LogP contribution in [0.3, 0.4) is 0 Å². The molecule has 25 heavy (non-hydrogen) atoms. The molecule has 3 nitrogen and oxygen atoms in total. The molecule has 2 aromatic rings. The Morgan fingerprint density at radius 3 is 2.44 bits per heavy atom. The minimum atomic E-state index is -0.818. The molecule has 0 saturated carbocycles. The lowest BCUT2D eigenvalue weighted by Crippen LogP contribution is -2.47. The van der Waals surface area contributed by atoms with Crippen molar-refractivity contribution in [1.29, 1.82) is 0 Å². The molecule has 1 saturated heterocycles. The Labute approximate surface area is 162 Å². The van der Waals surface area contributed by atoms with Crippen molar-refractivity contribution in [2.75, 3.05) is 6.54 Å². The molecule has 6 heteroatoms. The molecule has 2 unspecified atom stereocenters. The van der Waals surface area contributed by atoms with E-state index in [1.807, 2.05) is 35.2 Å². The van der Waals surface area contributed by atoms with Crippen molar-refractivity contribution in [3.05, 3.63) is 68.7 Å². The predicted molar refractivity (Wildman–Crippen MR) is 102 cm³/mol. The van der Waals surface area contributed by atoms with Gasteiger partial charge in [0, 0.05) is 15.1 Å². The first-order valence-electron chi connectivity index (χ1n) is 8.17. The highest BCUT2D eigenvalue weighted by Gasteiger charge is 2.36. The molecule has 0 spiro atoms. The fourth-order valence-electron chi connectivity index (χ4n) is 3.47. The Bertz CT molecular complexity index is 781. The molecule has 2 atom stereocenters. The van der Waals surface area contributed by atoms with Gasteiger partial charge >= 0.3 is 5.97 Å². The van der Waals surface area contributed by atoms with Crippen molar-refractivity contribution in [3.63, 3.8) is 0 Å². The van der Waals surface area contributed by atoms with Gasteiger partial charge in [-0.1, -0.05) is 65.5 Å². The summed E-state index contributed by atoms with van der Waals surface area (Å²) in [6.07, 6.45) is 2.45. The zero-order valence-corrected chi connectivity index (χ0v) is 15.7. The molecule has 1 heterocycles. The van der Waals surface area contributed by atoms with Crippen LogP contribution in [0.4, 0.5) is 0 Å². The third-order valence-electron chi connectivity index (χ3n) is 4.62. The number of benzene rings is 2. The van der Waals surface area contributed by atoms with Crippen LogP contribution < -0.4 is 0 Å². The lowest BCUT2D eigenvalue weighted by atomic mass is 9.91. The molecule has 1 aliphatic rings. The molecular formula is C19H18Cl3NO2. The fraction of sp³-hybridized carbons (Fsp3) is 0.316. The van der Waals surface area contributed by atoms with Gasteiger partial charge in [-0.15, -0.1) is 0 Å². The summed E-state index contributed by atoms with van der Waals surface area (Å²) in [4.78, 5) is 13.8. The molecule has 0 aromatic heterocycles. The van der Waals surface area contributed by atoms with Crippen LogP contribution in [0, 0.1) is 0 Å². The van der Waals surface area contributed by atoms with E-state index < -0.39 is 12.0 Å². The van der Waals surface area contributed by atoms with Gasteiger partial charge in [-0.05, 0) is 48.7 Å². The normalized spacial score (nSPS) is 19.6. The minimum Gasteiger partial charge on any atom is -0.480 e. The standard InChI is InChI=1S/C19H18Cl3NO2/c20-12-8-9-14(16(22)11-12)18(13-5-1-2-6-15(13)21)23-10-4-3-7-17(23)19(24)25/h1-2,5-6,8-9,11,17-18H,3-4,7,10H2,(H,24,25). The summed E-state index contributed by atoms with van der Waals surface area (Å²) < 4.78 is 0. The summed E-state index contributed by atoms with van der Waals surface area (Å²) >= 11 is 19.0. The average Bonchev–Trinajstić information content (AvgIpc) is 2.59. The van der Waals surface area contributed by atoms with E-state index in [-0.39, 0.29) is 6.04 Å². The largest absolute Gasteiger partial charge is 0.480 e. The highest BCUT2D eigenvalue weighted by Crippen LogP contribution is 2.40. The Morgan fingerprint density at radius 2 is 1.76 bits per heavy atom. The SMILES string of the molecule is O=C(O)C1CCCCN1C(c1ccccc1Cl)c1ccc(Cl)cc1Cl. The first-order valence-corrected chi connectivity index (χ1v) is 9.30. The summed E-state index contributed by atoms with van der Waals surface area (Å²) in [6.45, 7) is 0.672. The third-order valence-corrected chi connectivity index (χ3v) is 5.52. The molecule has 1 fully saturated rings. The van der Waals surface area contributed by atoms with Crippen LogP contribution >= 0.6 is 34.8 Å². The third kappa shape index (κ3) is 3.95. The van der Waals surface area contributed by atoms with E-state index >= 15 is 0 Å². The van der Waals surface area contributed by atoms with E-state index in [9.17, 15) is 9.90 Å². The Kier molecular flexibility index (Phi) is 5.90. The summed E-state index contributed by atoms with van der Waals surface area (Å²) in [7, 11) is 0. The molecule has 2 aromatic carbocycles. The van der Waals surface area contributed by atoms with Gasteiger partial charge in [0.25, 0.3) is 0 Å². The fourth-order valence-corrected chi connectivity index (χ4v) is 4.22. The van der Waals surface area contributed by atoms with Gasteiger partial charge in [-0.3, -0.25) is 9.69 Å². The molecule has 0 aliphatic carbocycles. The van der Waals surface area contributed by atoms with Gasteiger partial charge in [0.2, 0.25) is 0 Å². The number of halogens is 3. The zero-order valence-electron chi connectivity index (χ0n) is 13.5. The summed E-state index contributed by atoms with van der Waals surface area (Å²) in [6, 6.07) is 11.9. The quantitative estimate of drug-likeness (QED) is 0.720.